The lowest BCUT2D eigenvalue weighted by molar-refractivity contribution is 0.0902. The van der Waals surface area contributed by atoms with Gasteiger partial charge >= 0.3 is 11.8 Å². The Labute approximate surface area is 193 Å². The van der Waals surface area contributed by atoms with Crippen LogP contribution in [0.25, 0.3) is 0 Å². The van der Waals surface area contributed by atoms with Crippen molar-refractivity contribution in [3.05, 3.63) is 90.5 Å². The van der Waals surface area contributed by atoms with E-state index in [-0.39, 0.29) is 11.5 Å². The second-order valence-electron chi connectivity index (χ2n) is 5.61. The van der Waals surface area contributed by atoms with Gasteiger partial charge in [-0.25, -0.2) is 10.9 Å². The number of furan rings is 1. The molecule has 0 radical (unpaired) electrons. The van der Waals surface area contributed by atoms with Gasteiger partial charge in [0.1, 0.15) is 0 Å². The van der Waals surface area contributed by atoms with Crippen molar-refractivity contribution < 1.29 is 14.0 Å². The van der Waals surface area contributed by atoms with Crippen molar-refractivity contribution in [3.63, 3.8) is 0 Å². The smallest absolute Gasteiger partial charge is 0.307 e. The average molecular weight is 612 g/mol. The van der Waals surface area contributed by atoms with Crippen LogP contribution in [0.4, 0.5) is 0 Å². The number of benzene rings is 2. The minimum atomic E-state index is -0.562. The Hall–Kier alpha value is -2.54. The minimum Gasteiger partial charge on any atom is -0.446 e. The second kappa shape index (κ2) is 10.3. The van der Waals surface area contributed by atoms with Crippen molar-refractivity contribution in [2.75, 3.05) is 0 Å². The number of hydrogen-bond acceptors (Lipinski definition) is 5. The van der Waals surface area contributed by atoms with E-state index < -0.39 is 11.8 Å². The first-order valence-corrected chi connectivity index (χ1v) is 10.5. The average Bonchev–Trinajstić information content (AvgIpc) is 3.21. The number of hydrogen-bond donors (Lipinski definition) is 2. The molecular formula is C20H14I2N4O3. The second-order valence-corrected chi connectivity index (χ2v) is 7.93. The SMILES string of the molecule is O=C(NN=Cc1ccccc1I)c1ccc(C(=O)NN=Cc2ccccc2I)o1. The lowest BCUT2D eigenvalue weighted by Gasteiger charge is -1.99. The number of hydrazone groups is 2. The summed E-state index contributed by atoms with van der Waals surface area (Å²) in [6, 6.07) is 18.0. The lowest BCUT2D eigenvalue weighted by atomic mass is 10.2. The quantitative estimate of drug-likeness (QED) is 0.250. The van der Waals surface area contributed by atoms with Gasteiger partial charge in [-0.05, 0) is 69.4 Å². The van der Waals surface area contributed by atoms with Crippen LogP contribution in [-0.2, 0) is 0 Å². The molecule has 1 aromatic heterocycles. The van der Waals surface area contributed by atoms with Crippen LogP contribution >= 0.6 is 45.2 Å². The molecule has 0 aliphatic carbocycles. The van der Waals surface area contributed by atoms with E-state index >= 15 is 0 Å². The summed E-state index contributed by atoms with van der Waals surface area (Å²) in [6.45, 7) is 0. The number of nitrogens with zero attached hydrogens (tertiary/aromatic N) is 2. The number of nitrogens with one attached hydrogen (secondary N) is 2. The summed E-state index contributed by atoms with van der Waals surface area (Å²) in [7, 11) is 0. The summed E-state index contributed by atoms with van der Waals surface area (Å²) in [5.41, 5.74) is 6.49. The molecule has 2 amide bonds. The first-order chi connectivity index (χ1) is 14.0. The normalized spacial score (nSPS) is 11.1. The van der Waals surface area contributed by atoms with Gasteiger partial charge in [0.05, 0.1) is 12.4 Å². The van der Waals surface area contributed by atoms with Gasteiger partial charge in [-0.1, -0.05) is 36.4 Å². The van der Waals surface area contributed by atoms with Crippen LogP contribution in [0.15, 0.2) is 75.3 Å². The van der Waals surface area contributed by atoms with Crippen LogP contribution in [0.1, 0.15) is 32.2 Å². The van der Waals surface area contributed by atoms with Gasteiger partial charge in [0.15, 0.2) is 11.5 Å². The Bertz CT molecular complexity index is 1010. The highest BCUT2D eigenvalue weighted by atomic mass is 127. The highest BCUT2D eigenvalue weighted by molar-refractivity contribution is 14.1. The van der Waals surface area contributed by atoms with E-state index in [1.807, 2.05) is 48.5 Å². The Morgan fingerprint density at radius 3 is 1.55 bits per heavy atom. The van der Waals surface area contributed by atoms with Crippen LogP contribution in [0.2, 0.25) is 0 Å². The van der Waals surface area contributed by atoms with E-state index in [1.165, 1.54) is 24.6 Å². The largest absolute Gasteiger partial charge is 0.446 e. The molecule has 0 saturated carbocycles. The fourth-order valence-corrected chi connectivity index (χ4v) is 3.23. The molecule has 0 aliphatic rings. The lowest BCUT2D eigenvalue weighted by Crippen LogP contribution is -2.18. The molecular weight excluding hydrogens is 598 g/mol. The van der Waals surface area contributed by atoms with Crippen molar-refractivity contribution in [1.82, 2.24) is 10.9 Å². The number of halogens is 2. The number of amides is 2. The summed E-state index contributed by atoms with van der Waals surface area (Å²) in [5.74, 6) is -1.18. The fraction of sp³-hybridized carbons (Fsp3) is 0. The van der Waals surface area contributed by atoms with Crippen molar-refractivity contribution in [1.29, 1.82) is 0 Å². The zero-order valence-corrected chi connectivity index (χ0v) is 19.1. The molecule has 29 heavy (non-hydrogen) atoms. The molecule has 3 aromatic rings. The molecule has 0 aliphatic heterocycles. The van der Waals surface area contributed by atoms with E-state index in [0.29, 0.717) is 0 Å². The molecule has 1 heterocycles. The molecule has 0 bridgehead atoms. The summed E-state index contributed by atoms with van der Waals surface area (Å²) in [4.78, 5) is 24.2. The first-order valence-electron chi connectivity index (χ1n) is 8.30. The maximum Gasteiger partial charge on any atom is 0.307 e. The van der Waals surface area contributed by atoms with Gasteiger partial charge in [0.25, 0.3) is 0 Å². The molecule has 2 aromatic carbocycles. The van der Waals surface area contributed by atoms with Crippen LogP contribution in [0, 0.1) is 7.14 Å². The first kappa shape index (κ1) is 21.2. The summed E-state index contributed by atoms with van der Waals surface area (Å²) < 4.78 is 7.30. The Kier molecular flexibility index (Phi) is 7.52. The molecule has 0 spiro atoms. The van der Waals surface area contributed by atoms with Gasteiger partial charge < -0.3 is 4.42 Å². The Balaban J connectivity index is 1.56. The van der Waals surface area contributed by atoms with Crippen LogP contribution < -0.4 is 10.9 Å². The Morgan fingerprint density at radius 2 is 1.14 bits per heavy atom. The molecule has 0 atom stereocenters. The Morgan fingerprint density at radius 1 is 0.724 bits per heavy atom. The van der Waals surface area contributed by atoms with E-state index in [4.69, 9.17) is 4.42 Å². The summed E-state index contributed by atoms with van der Waals surface area (Å²) in [6.07, 6.45) is 3.08. The van der Waals surface area contributed by atoms with E-state index in [2.05, 4.69) is 66.2 Å². The van der Waals surface area contributed by atoms with Crippen molar-refractivity contribution >= 4 is 69.4 Å². The topological polar surface area (TPSA) is 96.1 Å². The molecule has 146 valence electrons. The van der Waals surface area contributed by atoms with E-state index in [0.717, 1.165) is 18.3 Å². The molecule has 0 saturated heterocycles. The van der Waals surface area contributed by atoms with Gasteiger partial charge in [0.2, 0.25) is 0 Å². The maximum atomic E-state index is 12.1. The predicted molar refractivity (Wildman–Crippen MR) is 127 cm³/mol. The van der Waals surface area contributed by atoms with Crippen molar-refractivity contribution in [2.45, 2.75) is 0 Å². The standard InChI is InChI=1S/C20H14I2N4O3/c21-15-7-3-1-5-13(15)11-23-25-19(27)17-9-10-18(29-17)20(28)26-24-12-14-6-2-4-8-16(14)22/h1-12H,(H,25,27)(H,26,28). The van der Waals surface area contributed by atoms with Gasteiger partial charge in [-0.3, -0.25) is 9.59 Å². The zero-order chi connectivity index (χ0) is 20.6. The molecule has 0 fully saturated rings. The van der Waals surface area contributed by atoms with Crippen molar-refractivity contribution in [2.24, 2.45) is 10.2 Å². The number of rotatable bonds is 6. The van der Waals surface area contributed by atoms with Crippen LogP contribution in [0.5, 0.6) is 0 Å². The van der Waals surface area contributed by atoms with Gasteiger partial charge in [-0.2, -0.15) is 10.2 Å². The minimum absolute atomic E-state index is 0.0309. The summed E-state index contributed by atoms with van der Waals surface area (Å²) >= 11 is 4.35. The number of carbonyl (C=O) groups excluding carboxylic acids is 2. The van der Waals surface area contributed by atoms with E-state index in [9.17, 15) is 9.59 Å². The summed E-state index contributed by atoms with van der Waals surface area (Å²) in [5, 5.41) is 7.82. The highest BCUT2D eigenvalue weighted by Crippen LogP contribution is 2.10. The molecule has 0 unspecified atom stereocenters. The van der Waals surface area contributed by atoms with Crippen LogP contribution in [0.3, 0.4) is 0 Å². The van der Waals surface area contributed by atoms with Gasteiger partial charge in [0, 0.05) is 18.3 Å². The third-order valence-electron chi connectivity index (χ3n) is 3.60. The predicted octanol–water partition coefficient (Wildman–Crippen LogP) is 4.02. The molecule has 3 rings (SSSR count). The number of carbonyl (C=O) groups is 2. The maximum absolute atomic E-state index is 12.1. The highest BCUT2D eigenvalue weighted by Gasteiger charge is 2.15. The molecule has 7 nitrogen and oxygen atoms in total. The van der Waals surface area contributed by atoms with Crippen LogP contribution in [-0.4, -0.2) is 24.2 Å². The van der Waals surface area contributed by atoms with E-state index in [1.54, 1.807) is 0 Å². The molecule has 9 heteroatoms. The molecule has 2 N–H and O–H groups in total. The zero-order valence-electron chi connectivity index (χ0n) is 14.8. The van der Waals surface area contributed by atoms with Gasteiger partial charge in [-0.15, -0.1) is 0 Å². The monoisotopic (exact) mass is 612 g/mol. The fourth-order valence-electron chi connectivity index (χ4n) is 2.17. The third-order valence-corrected chi connectivity index (χ3v) is 5.57. The van der Waals surface area contributed by atoms with Crippen molar-refractivity contribution in [3.8, 4) is 0 Å². The third kappa shape index (κ3) is 5.97.